The number of thiazole rings is 1. The van der Waals surface area contributed by atoms with Gasteiger partial charge in [0, 0.05) is 24.2 Å². The fourth-order valence-electron chi connectivity index (χ4n) is 5.55. The van der Waals surface area contributed by atoms with E-state index in [0.29, 0.717) is 16.9 Å². The molecule has 228 valence electrons. The standard InChI is InChI=1S/C34H30N4O5S2/c1-21-9-18-29-31(19-21)44-33(36-29)25-10-14-27(15-11-25)37-32(40)20-30(34(37)41)38(22(2)24-7-5-4-6-8-24)45(42,43)28-16-12-26(13-17-28)35-23(3)39/h4-19,22,30H,20H2,1-3H3,(H,35,39). The second-order valence-electron chi connectivity index (χ2n) is 11.0. The quantitative estimate of drug-likeness (QED) is 0.199. The van der Waals surface area contributed by atoms with E-state index in [0.717, 1.165) is 35.6 Å². The van der Waals surface area contributed by atoms with Crippen molar-refractivity contribution < 1.29 is 22.8 Å². The fourth-order valence-corrected chi connectivity index (χ4v) is 8.38. The van der Waals surface area contributed by atoms with Gasteiger partial charge in [-0.2, -0.15) is 4.31 Å². The predicted octanol–water partition coefficient (Wildman–Crippen LogP) is 6.31. The zero-order chi connectivity index (χ0) is 31.9. The molecule has 1 fully saturated rings. The van der Waals surface area contributed by atoms with E-state index in [1.807, 2.05) is 37.3 Å². The summed E-state index contributed by atoms with van der Waals surface area (Å²) in [6.45, 7) is 5.09. The molecular weight excluding hydrogens is 609 g/mol. The summed E-state index contributed by atoms with van der Waals surface area (Å²) in [5.74, 6) is -1.40. The van der Waals surface area contributed by atoms with Gasteiger partial charge in [-0.3, -0.25) is 14.4 Å². The van der Waals surface area contributed by atoms with Gasteiger partial charge in [-0.25, -0.2) is 18.3 Å². The van der Waals surface area contributed by atoms with E-state index in [9.17, 15) is 22.8 Å². The number of sulfonamides is 1. The van der Waals surface area contributed by atoms with Crippen molar-refractivity contribution in [2.45, 2.75) is 44.2 Å². The highest BCUT2D eigenvalue weighted by Crippen LogP contribution is 2.37. The van der Waals surface area contributed by atoms with Gasteiger partial charge in [-0.15, -0.1) is 11.3 Å². The highest BCUT2D eigenvalue weighted by atomic mass is 32.2. The van der Waals surface area contributed by atoms with Crippen LogP contribution < -0.4 is 10.2 Å². The molecule has 1 aliphatic heterocycles. The number of rotatable bonds is 8. The average Bonchev–Trinajstić information content (AvgIpc) is 3.57. The molecule has 1 aliphatic rings. The van der Waals surface area contributed by atoms with Crippen LogP contribution in [0.2, 0.25) is 0 Å². The third-order valence-corrected chi connectivity index (χ3v) is 10.8. The van der Waals surface area contributed by atoms with E-state index in [1.54, 1.807) is 54.7 Å². The van der Waals surface area contributed by atoms with E-state index < -0.39 is 33.9 Å². The second kappa shape index (κ2) is 12.0. The minimum Gasteiger partial charge on any atom is -0.326 e. The lowest BCUT2D eigenvalue weighted by Gasteiger charge is -2.32. The number of nitrogens with one attached hydrogen (secondary N) is 1. The van der Waals surface area contributed by atoms with Gasteiger partial charge in [0.15, 0.2) is 0 Å². The molecule has 5 aromatic rings. The molecule has 4 aromatic carbocycles. The largest absolute Gasteiger partial charge is 0.326 e. The molecule has 6 rings (SSSR count). The minimum atomic E-state index is -4.28. The average molecular weight is 639 g/mol. The van der Waals surface area contributed by atoms with Crippen LogP contribution in [0.1, 0.15) is 37.4 Å². The van der Waals surface area contributed by atoms with Gasteiger partial charge >= 0.3 is 0 Å². The molecule has 3 amide bonds. The Labute approximate surface area is 265 Å². The van der Waals surface area contributed by atoms with Crippen molar-refractivity contribution in [3.8, 4) is 10.6 Å². The van der Waals surface area contributed by atoms with Crippen molar-refractivity contribution >= 4 is 60.7 Å². The number of benzene rings is 4. The Morgan fingerprint density at radius 2 is 1.67 bits per heavy atom. The first-order valence-corrected chi connectivity index (χ1v) is 16.6. The molecule has 0 radical (unpaired) electrons. The Bertz CT molecular complexity index is 2030. The molecule has 1 saturated heterocycles. The number of anilines is 2. The van der Waals surface area contributed by atoms with Crippen LogP contribution in [0.15, 0.2) is 102 Å². The predicted molar refractivity (Wildman–Crippen MR) is 175 cm³/mol. The first kappa shape index (κ1) is 30.3. The number of hydrogen-bond donors (Lipinski definition) is 1. The summed E-state index contributed by atoms with van der Waals surface area (Å²) in [6.07, 6.45) is -0.307. The number of hydrogen-bond acceptors (Lipinski definition) is 7. The number of aromatic nitrogens is 1. The second-order valence-corrected chi connectivity index (χ2v) is 13.8. The van der Waals surface area contributed by atoms with Crippen LogP contribution in [0.4, 0.5) is 11.4 Å². The topological polar surface area (TPSA) is 117 Å². The summed E-state index contributed by atoms with van der Waals surface area (Å²) < 4.78 is 30.6. The number of amides is 3. The molecule has 11 heteroatoms. The van der Waals surface area contributed by atoms with Crippen molar-refractivity contribution in [2.24, 2.45) is 0 Å². The normalized spacial score (nSPS) is 16.0. The highest BCUT2D eigenvalue weighted by Gasteiger charge is 2.49. The maximum absolute atomic E-state index is 14.2. The molecule has 0 spiro atoms. The molecule has 0 aliphatic carbocycles. The zero-order valence-electron chi connectivity index (χ0n) is 24.8. The molecule has 1 N–H and O–H groups in total. The van der Waals surface area contributed by atoms with Gasteiger partial charge in [0.2, 0.25) is 21.8 Å². The van der Waals surface area contributed by atoms with E-state index in [-0.39, 0.29) is 17.2 Å². The van der Waals surface area contributed by atoms with Gasteiger partial charge in [0.05, 0.1) is 27.2 Å². The summed E-state index contributed by atoms with van der Waals surface area (Å²) in [5.41, 5.74) is 4.36. The minimum absolute atomic E-state index is 0.0616. The van der Waals surface area contributed by atoms with E-state index in [4.69, 9.17) is 4.98 Å². The van der Waals surface area contributed by atoms with Crippen LogP contribution in [-0.4, -0.2) is 41.5 Å². The lowest BCUT2D eigenvalue weighted by Crippen LogP contribution is -2.46. The fraction of sp³-hybridized carbons (Fsp3) is 0.176. The number of aryl methyl sites for hydroxylation is 1. The van der Waals surface area contributed by atoms with Crippen LogP contribution in [0.25, 0.3) is 20.8 Å². The molecule has 2 atom stereocenters. The first-order chi connectivity index (χ1) is 21.5. The van der Waals surface area contributed by atoms with Crippen LogP contribution in [0, 0.1) is 6.92 Å². The molecule has 2 heterocycles. The summed E-state index contributed by atoms with van der Waals surface area (Å²) in [5, 5.41) is 3.44. The van der Waals surface area contributed by atoms with Gasteiger partial charge in [0.1, 0.15) is 11.0 Å². The molecule has 2 unspecified atom stereocenters. The van der Waals surface area contributed by atoms with E-state index >= 15 is 0 Å². The summed E-state index contributed by atoms with van der Waals surface area (Å²) in [7, 11) is -4.28. The molecule has 0 bridgehead atoms. The van der Waals surface area contributed by atoms with Crippen molar-refractivity contribution in [1.29, 1.82) is 0 Å². The Kier molecular flexibility index (Phi) is 8.08. The third-order valence-electron chi connectivity index (χ3n) is 7.76. The number of fused-ring (bicyclic) bond motifs is 1. The maximum atomic E-state index is 14.2. The Hall–Kier alpha value is -4.71. The smallest absolute Gasteiger partial charge is 0.252 e. The van der Waals surface area contributed by atoms with Crippen LogP contribution in [0.3, 0.4) is 0 Å². The van der Waals surface area contributed by atoms with Gasteiger partial charge in [0.25, 0.3) is 5.91 Å². The van der Waals surface area contributed by atoms with Gasteiger partial charge in [-0.1, -0.05) is 36.4 Å². The van der Waals surface area contributed by atoms with Crippen LogP contribution in [-0.2, 0) is 24.4 Å². The van der Waals surface area contributed by atoms with E-state index in [1.165, 1.54) is 31.2 Å². The van der Waals surface area contributed by atoms with Crippen molar-refractivity contribution in [1.82, 2.24) is 9.29 Å². The Morgan fingerprint density at radius 3 is 2.33 bits per heavy atom. The Morgan fingerprint density at radius 1 is 0.978 bits per heavy atom. The van der Waals surface area contributed by atoms with Crippen molar-refractivity contribution in [2.75, 3.05) is 10.2 Å². The summed E-state index contributed by atoms with van der Waals surface area (Å²) in [4.78, 5) is 44.6. The highest BCUT2D eigenvalue weighted by molar-refractivity contribution is 7.89. The zero-order valence-corrected chi connectivity index (χ0v) is 26.4. The number of nitrogens with zero attached hydrogens (tertiary/aromatic N) is 3. The first-order valence-electron chi connectivity index (χ1n) is 14.3. The molecule has 9 nitrogen and oxygen atoms in total. The maximum Gasteiger partial charge on any atom is 0.252 e. The molecular formula is C34H30N4O5S2. The van der Waals surface area contributed by atoms with Crippen LogP contribution >= 0.6 is 11.3 Å². The van der Waals surface area contributed by atoms with Crippen molar-refractivity contribution in [3.63, 3.8) is 0 Å². The number of carbonyl (C=O) groups excluding carboxylic acids is 3. The SMILES string of the molecule is CC(=O)Nc1ccc(S(=O)(=O)N(C2CC(=O)N(c3ccc(-c4nc5ccc(C)cc5s4)cc3)C2=O)C(C)c2ccccc2)cc1. The molecule has 45 heavy (non-hydrogen) atoms. The third kappa shape index (κ3) is 5.89. The molecule has 1 aromatic heterocycles. The summed E-state index contributed by atoms with van der Waals surface area (Å²) >= 11 is 1.56. The number of imide groups is 1. The van der Waals surface area contributed by atoms with Gasteiger partial charge < -0.3 is 5.32 Å². The van der Waals surface area contributed by atoms with Crippen LogP contribution in [0.5, 0.6) is 0 Å². The summed E-state index contributed by atoms with van der Waals surface area (Å²) in [6, 6.07) is 25.8. The van der Waals surface area contributed by atoms with Crippen molar-refractivity contribution in [3.05, 3.63) is 108 Å². The van der Waals surface area contributed by atoms with E-state index in [2.05, 4.69) is 11.4 Å². The Balaban J connectivity index is 1.33. The lowest BCUT2D eigenvalue weighted by atomic mass is 10.1. The monoisotopic (exact) mass is 638 g/mol. The number of carbonyl (C=O) groups is 3. The lowest BCUT2D eigenvalue weighted by molar-refractivity contribution is -0.122. The van der Waals surface area contributed by atoms with Gasteiger partial charge in [-0.05, 0) is 85.6 Å². The molecule has 0 saturated carbocycles.